The Balaban J connectivity index is 2.09. The molecule has 2 heteroatoms. The van der Waals surface area contributed by atoms with E-state index in [0.717, 1.165) is 12.1 Å². The maximum absolute atomic E-state index is 9.56. The summed E-state index contributed by atoms with van der Waals surface area (Å²) in [5, 5.41) is 13.1. The highest BCUT2D eigenvalue weighted by Crippen LogP contribution is 2.34. The summed E-state index contributed by atoms with van der Waals surface area (Å²) in [4.78, 5) is 0. The molecule has 0 aromatic heterocycles. The fraction of sp³-hybridized carbons (Fsp3) is 0.200. The number of nitrogens with one attached hydrogen (secondary N) is 1. The Labute approximate surface area is 101 Å². The van der Waals surface area contributed by atoms with E-state index in [9.17, 15) is 5.11 Å². The summed E-state index contributed by atoms with van der Waals surface area (Å²) in [7, 11) is 0. The first-order chi connectivity index (χ1) is 8.25. The molecule has 2 aromatic rings. The molecule has 0 aliphatic carbocycles. The van der Waals surface area contributed by atoms with Crippen LogP contribution in [0.15, 0.2) is 42.5 Å². The van der Waals surface area contributed by atoms with Crippen LogP contribution in [0.2, 0.25) is 0 Å². The van der Waals surface area contributed by atoms with Gasteiger partial charge in [0.15, 0.2) is 0 Å². The molecule has 1 unspecified atom stereocenters. The van der Waals surface area contributed by atoms with E-state index >= 15 is 0 Å². The van der Waals surface area contributed by atoms with Gasteiger partial charge in [0.05, 0.1) is 6.04 Å². The van der Waals surface area contributed by atoms with Crippen molar-refractivity contribution in [3.05, 3.63) is 64.7 Å². The van der Waals surface area contributed by atoms with Crippen LogP contribution in [0.1, 0.15) is 28.3 Å². The van der Waals surface area contributed by atoms with E-state index < -0.39 is 0 Å². The van der Waals surface area contributed by atoms with Gasteiger partial charge in [-0.15, -0.1) is 0 Å². The van der Waals surface area contributed by atoms with E-state index in [1.54, 1.807) is 6.07 Å². The van der Waals surface area contributed by atoms with Crippen LogP contribution in [-0.2, 0) is 6.54 Å². The van der Waals surface area contributed by atoms with Gasteiger partial charge in [-0.3, -0.25) is 0 Å². The number of phenolic OH excluding ortho intramolecular Hbond substituents is 1. The average molecular weight is 225 g/mol. The highest BCUT2D eigenvalue weighted by Gasteiger charge is 2.24. The van der Waals surface area contributed by atoms with Crippen molar-refractivity contribution in [3.63, 3.8) is 0 Å². The molecule has 0 saturated heterocycles. The Hall–Kier alpha value is -1.80. The Morgan fingerprint density at radius 3 is 2.82 bits per heavy atom. The lowest BCUT2D eigenvalue weighted by molar-refractivity contribution is 0.473. The first-order valence-electron chi connectivity index (χ1n) is 5.86. The maximum atomic E-state index is 9.56. The normalized spacial score (nSPS) is 18.1. The number of aryl methyl sites for hydroxylation is 1. The molecule has 2 aromatic carbocycles. The second kappa shape index (κ2) is 3.90. The van der Waals surface area contributed by atoms with Crippen molar-refractivity contribution in [3.8, 4) is 5.75 Å². The minimum absolute atomic E-state index is 0.207. The summed E-state index contributed by atoms with van der Waals surface area (Å²) in [5.41, 5.74) is 5.15. The minimum atomic E-state index is 0.207. The SMILES string of the molecule is Cc1cccc2c1C(c1cccc(O)c1)NC2. The number of aromatic hydroxyl groups is 1. The first kappa shape index (κ1) is 10.4. The Kier molecular flexibility index (Phi) is 2.37. The highest BCUT2D eigenvalue weighted by molar-refractivity contribution is 5.46. The van der Waals surface area contributed by atoms with Crippen molar-refractivity contribution < 1.29 is 5.11 Å². The number of hydrogen-bond acceptors (Lipinski definition) is 2. The first-order valence-corrected chi connectivity index (χ1v) is 5.86. The maximum Gasteiger partial charge on any atom is 0.115 e. The molecule has 86 valence electrons. The topological polar surface area (TPSA) is 32.3 Å². The van der Waals surface area contributed by atoms with Gasteiger partial charge in [0.1, 0.15) is 5.75 Å². The summed E-state index contributed by atoms with van der Waals surface area (Å²) in [6, 6.07) is 14.1. The predicted octanol–water partition coefficient (Wildman–Crippen LogP) is 2.89. The van der Waals surface area contributed by atoms with E-state index in [1.807, 2.05) is 12.1 Å². The summed E-state index contributed by atoms with van der Waals surface area (Å²) >= 11 is 0. The van der Waals surface area contributed by atoms with Crippen molar-refractivity contribution in [2.24, 2.45) is 0 Å². The third-order valence-electron chi connectivity index (χ3n) is 3.40. The zero-order chi connectivity index (χ0) is 11.8. The molecule has 1 aliphatic heterocycles. The molecule has 3 rings (SSSR count). The predicted molar refractivity (Wildman–Crippen MR) is 68.0 cm³/mol. The molecular weight excluding hydrogens is 210 g/mol. The van der Waals surface area contributed by atoms with E-state index in [4.69, 9.17) is 0 Å². The second-order valence-corrected chi connectivity index (χ2v) is 4.56. The standard InChI is InChI=1S/C15H15NO/c1-10-4-2-6-12-9-16-15(14(10)12)11-5-3-7-13(17)8-11/h2-8,15-17H,9H2,1H3. The minimum Gasteiger partial charge on any atom is -0.508 e. The van der Waals surface area contributed by atoms with Gasteiger partial charge in [0, 0.05) is 6.54 Å². The van der Waals surface area contributed by atoms with Gasteiger partial charge in [-0.25, -0.2) is 0 Å². The van der Waals surface area contributed by atoms with Crippen LogP contribution in [0.5, 0.6) is 5.75 Å². The quantitative estimate of drug-likeness (QED) is 0.782. The van der Waals surface area contributed by atoms with E-state index in [1.165, 1.54) is 16.7 Å². The average Bonchev–Trinajstić information content (AvgIpc) is 2.74. The van der Waals surface area contributed by atoms with Crippen molar-refractivity contribution in [2.45, 2.75) is 19.5 Å². The monoisotopic (exact) mass is 225 g/mol. The van der Waals surface area contributed by atoms with Crippen molar-refractivity contribution >= 4 is 0 Å². The third kappa shape index (κ3) is 1.71. The van der Waals surface area contributed by atoms with E-state index in [2.05, 4.69) is 36.5 Å². The largest absolute Gasteiger partial charge is 0.508 e. The Morgan fingerprint density at radius 2 is 2.00 bits per heavy atom. The fourth-order valence-electron chi connectivity index (χ4n) is 2.61. The third-order valence-corrected chi connectivity index (χ3v) is 3.40. The number of benzene rings is 2. The van der Waals surface area contributed by atoms with Crippen molar-refractivity contribution in [1.82, 2.24) is 5.32 Å². The van der Waals surface area contributed by atoms with Gasteiger partial charge >= 0.3 is 0 Å². The zero-order valence-electron chi connectivity index (χ0n) is 9.77. The Bertz CT molecular complexity index is 563. The molecular formula is C15H15NO. The number of hydrogen-bond donors (Lipinski definition) is 2. The lowest BCUT2D eigenvalue weighted by Gasteiger charge is -2.15. The van der Waals surface area contributed by atoms with Gasteiger partial charge < -0.3 is 10.4 Å². The molecule has 0 saturated carbocycles. The van der Waals surface area contributed by atoms with Gasteiger partial charge in [-0.2, -0.15) is 0 Å². The number of rotatable bonds is 1. The molecule has 0 amide bonds. The van der Waals surface area contributed by atoms with Crippen LogP contribution in [0.25, 0.3) is 0 Å². The molecule has 1 atom stereocenters. The van der Waals surface area contributed by atoms with Crippen LogP contribution in [0.3, 0.4) is 0 Å². The lowest BCUT2D eigenvalue weighted by atomic mass is 9.94. The second-order valence-electron chi connectivity index (χ2n) is 4.56. The molecule has 17 heavy (non-hydrogen) atoms. The number of fused-ring (bicyclic) bond motifs is 1. The molecule has 0 bridgehead atoms. The highest BCUT2D eigenvalue weighted by atomic mass is 16.3. The van der Waals surface area contributed by atoms with E-state index in [0.29, 0.717) is 5.75 Å². The van der Waals surface area contributed by atoms with Crippen molar-refractivity contribution in [2.75, 3.05) is 0 Å². The molecule has 0 spiro atoms. The molecule has 1 aliphatic rings. The van der Waals surface area contributed by atoms with Gasteiger partial charge in [-0.05, 0) is 41.3 Å². The summed E-state index contributed by atoms with van der Waals surface area (Å²) in [5.74, 6) is 0.325. The molecule has 0 radical (unpaired) electrons. The van der Waals surface area contributed by atoms with Crippen LogP contribution in [0.4, 0.5) is 0 Å². The summed E-state index contributed by atoms with van der Waals surface area (Å²) in [6.45, 7) is 3.04. The van der Waals surface area contributed by atoms with E-state index in [-0.39, 0.29) is 6.04 Å². The van der Waals surface area contributed by atoms with Gasteiger partial charge in [-0.1, -0.05) is 30.3 Å². The molecule has 0 fully saturated rings. The summed E-state index contributed by atoms with van der Waals surface area (Å²) < 4.78 is 0. The molecule has 2 nitrogen and oxygen atoms in total. The van der Waals surface area contributed by atoms with Crippen LogP contribution in [-0.4, -0.2) is 5.11 Å². The number of phenols is 1. The van der Waals surface area contributed by atoms with Gasteiger partial charge in [0.2, 0.25) is 0 Å². The smallest absolute Gasteiger partial charge is 0.115 e. The zero-order valence-corrected chi connectivity index (χ0v) is 9.77. The Morgan fingerprint density at radius 1 is 1.18 bits per heavy atom. The molecule has 2 N–H and O–H groups in total. The van der Waals surface area contributed by atoms with Crippen LogP contribution in [0, 0.1) is 6.92 Å². The van der Waals surface area contributed by atoms with Crippen LogP contribution >= 0.6 is 0 Å². The van der Waals surface area contributed by atoms with Gasteiger partial charge in [0.25, 0.3) is 0 Å². The fourth-order valence-corrected chi connectivity index (χ4v) is 2.61. The van der Waals surface area contributed by atoms with Crippen LogP contribution < -0.4 is 5.32 Å². The van der Waals surface area contributed by atoms with Crippen molar-refractivity contribution in [1.29, 1.82) is 0 Å². The lowest BCUT2D eigenvalue weighted by Crippen LogP contribution is -2.13. The summed E-state index contributed by atoms with van der Waals surface area (Å²) in [6.07, 6.45) is 0. The molecule has 1 heterocycles.